The summed E-state index contributed by atoms with van der Waals surface area (Å²) < 4.78 is 0. The van der Waals surface area contributed by atoms with Crippen LogP contribution in [0.25, 0.3) is 0 Å². The summed E-state index contributed by atoms with van der Waals surface area (Å²) in [4.78, 5) is 12.4. The zero-order chi connectivity index (χ0) is 15.2. The van der Waals surface area contributed by atoms with Crippen molar-refractivity contribution in [2.75, 3.05) is 11.9 Å². The smallest absolute Gasteiger partial charge is 0.255 e. The van der Waals surface area contributed by atoms with Crippen LogP contribution in [0, 0.1) is 25.7 Å². The maximum atomic E-state index is 12.4. The molecule has 0 fully saturated rings. The Kier molecular flexibility index (Phi) is 4.76. The van der Waals surface area contributed by atoms with Crippen molar-refractivity contribution >= 4 is 11.6 Å². The van der Waals surface area contributed by atoms with Crippen LogP contribution in [0.2, 0.25) is 0 Å². The summed E-state index contributed by atoms with van der Waals surface area (Å²) in [7, 11) is 0. The van der Waals surface area contributed by atoms with E-state index in [-0.39, 0.29) is 5.91 Å². The molecule has 0 aliphatic carbocycles. The first-order chi connectivity index (χ1) is 10.1. The lowest BCUT2D eigenvalue weighted by atomic mass is 10.0. The lowest BCUT2D eigenvalue weighted by molar-refractivity contribution is 0.102. The SMILES string of the molecule is Cc1ccc(C)c(C(=O)Nc2ccccc2C#CCN)c1. The van der Waals surface area contributed by atoms with Gasteiger partial charge < -0.3 is 11.1 Å². The Bertz CT molecular complexity index is 723. The fourth-order valence-corrected chi connectivity index (χ4v) is 2.02. The number of carbonyl (C=O) groups is 1. The maximum Gasteiger partial charge on any atom is 0.255 e. The van der Waals surface area contributed by atoms with E-state index in [1.807, 2.05) is 56.3 Å². The van der Waals surface area contributed by atoms with Crippen LogP contribution in [0.3, 0.4) is 0 Å². The number of hydrogen-bond donors (Lipinski definition) is 2. The van der Waals surface area contributed by atoms with Crippen molar-refractivity contribution in [2.45, 2.75) is 13.8 Å². The number of benzene rings is 2. The zero-order valence-electron chi connectivity index (χ0n) is 12.2. The zero-order valence-corrected chi connectivity index (χ0v) is 12.2. The lowest BCUT2D eigenvalue weighted by Crippen LogP contribution is -2.14. The number of nitrogens with two attached hydrogens (primary N) is 1. The van der Waals surface area contributed by atoms with Crippen molar-refractivity contribution < 1.29 is 4.79 Å². The Hall–Kier alpha value is -2.57. The standard InChI is InChI=1S/C18H18N2O/c1-13-9-10-14(2)16(12-13)18(21)20-17-8-4-3-6-15(17)7-5-11-19/h3-4,6,8-10,12H,11,19H2,1-2H3,(H,20,21). The van der Waals surface area contributed by atoms with Gasteiger partial charge in [0.05, 0.1) is 12.2 Å². The topological polar surface area (TPSA) is 55.1 Å². The first-order valence-electron chi connectivity index (χ1n) is 6.78. The van der Waals surface area contributed by atoms with Crippen LogP contribution in [-0.4, -0.2) is 12.5 Å². The molecule has 3 nitrogen and oxygen atoms in total. The van der Waals surface area contributed by atoms with Gasteiger partial charge in [-0.25, -0.2) is 0 Å². The van der Waals surface area contributed by atoms with Gasteiger partial charge in [0.1, 0.15) is 0 Å². The van der Waals surface area contributed by atoms with Gasteiger partial charge in [-0.15, -0.1) is 0 Å². The van der Waals surface area contributed by atoms with E-state index >= 15 is 0 Å². The third kappa shape index (κ3) is 3.71. The van der Waals surface area contributed by atoms with Gasteiger partial charge in [0.15, 0.2) is 0 Å². The van der Waals surface area contributed by atoms with Crippen LogP contribution in [0.15, 0.2) is 42.5 Å². The minimum absolute atomic E-state index is 0.127. The summed E-state index contributed by atoms with van der Waals surface area (Å²) in [5.74, 6) is 5.64. The highest BCUT2D eigenvalue weighted by Gasteiger charge is 2.10. The fraction of sp³-hybridized carbons (Fsp3) is 0.167. The number of nitrogens with one attached hydrogen (secondary N) is 1. The monoisotopic (exact) mass is 278 g/mol. The molecule has 0 unspecified atom stereocenters. The molecule has 0 atom stereocenters. The predicted molar refractivity (Wildman–Crippen MR) is 86.2 cm³/mol. The van der Waals surface area contributed by atoms with Crippen molar-refractivity contribution in [1.29, 1.82) is 0 Å². The molecule has 2 aromatic carbocycles. The number of aryl methyl sites for hydroxylation is 2. The van der Waals surface area contributed by atoms with Crippen molar-refractivity contribution in [3.05, 3.63) is 64.7 Å². The van der Waals surface area contributed by atoms with Gasteiger partial charge in [-0.2, -0.15) is 0 Å². The fourth-order valence-electron chi connectivity index (χ4n) is 2.02. The summed E-state index contributed by atoms with van der Waals surface area (Å²) in [6.45, 7) is 4.19. The van der Waals surface area contributed by atoms with Gasteiger partial charge in [0.25, 0.3) is 5.91 Å². The summed E-state index contributed by atoms with van der Waals surface area (Å²) in [6, 6.07) is 13.3. The molecular weight excluding hydrogens is 260 g/mol. The second-order valence-corrected chi connectivity index (χ2v) is 4.82. The third-order valence-corrected chi connectivity index (χ3v) is 3.14. The molecule has 0 aliphatic heterocycles. The van der Waals surface area contributed by atoms with E-state index in [1.165, 1.54) is 0 Å². The molecule has 0 aliphatic rings. The van der Waals surface area contributed by atoms with Crippen molar-refractivity contribution in [3.63, 3.8) is 0 Å². The minimum atomic E-state index is -0.127. The average Bonchev–Trinajstić information content (AvgIpc) is 2.48. The second-order valence-electron chi connectivity index (χ2n) is 4.82. The Labute approximate surface area is 125 Å². The molecule has 1 amide bonds. The number of hydrogen-bond acceptors (Lipinski definition) is 2. The minimum Gasteiger partial charge on any atom is -0.321 e. The summed E-state index contributed by atoms with van der Waals surface area (Å²) >= 11 is 0. The molecule has 21 heavy (non-hydrogen) atoms. The molecule has 0 saturated heterocycles. The van der Waals surface area contributed by atoms with Gasteiger partial charge in [0, 0.05) is 11.1 Å². The number of amides is 1. The van der Waals surface area contributed by atoms with E-state index in [1.54, 1.807) is 0 Å². The Morgan fingerprint density at radius 3 is 2.71 bits per heavy atom. The first kappa shape index (κ1) is 14.8. The number of para-hydroxylation sites is 1. The van der Waals surface area contributed by atoms with E-state index in [0.29, 0.717) is 17.8 Å². The molecule has 0 spiro atoms. The normalized spacial score (nSPS) is 9.67. The van der Waals surface area contributed by atoms with Crippen LogP contribution in [0.5, 0.6) is 0 Å². The quantitative estimate of drug-likeness (QED) is 0.830. The van der Waals surface area contributed by atoms with Gasteiger partial charge in [0.2, 0.25) is 0 Å². The van der Waals surface area contributed by atoms with E-state index < -0.39 is 0 Å². The van der Waals surface area contributed by atoms with Crippen molar-refractivity contribution in [1.82, 2.24) is 0 Å². The second kappa shape index (κ2) is 6.74. The van der Waals surface area contributed by atoms with Crippen molar-refractivity contribution in [2.24, 2.45) is 5.73 Å². The molecule has 2 rings (SSSR count). The number of anilines is 1. The van der Waals surface area contributed by atoms with Gasteiger partial charge in [-0.1, -0.05) is 41.7 Å². The van der Waals surface area contributed by atoms with E-state index in [0.717, 1.165) is 16.7 Å². The van der Waals surface area contributed by atoms with Gasteiger partial charge in [-0.3, -0.25) is 4.79 Å². The predicted octanol–water partition coefficient (Wildman–Crippen LogP) is 2.87. The number of carbonyl (C=O) groups excluding carboxylic acids is 1. The van der Waals surface area contributed by atoms with Crippen LogP contribution >= 0.6 is 0 Å². The summed E-state index contributed by atoms with van der Waals surface area (Å²) in [6.07, 6.45) is 0. The molecule has 0 radical (unpaired) electrons. The van der Waals surface area contributed by atoms with Crippen LogP contribution < -0.4 is 11.1 Å². The Balaban J connectivity index is 2.30. The highest BCUT2D eigenvalue weighted by atomic mass is 16.1. The lowest BCUT2D eigenvalue weighted by Gasteiger charge is -2.10. The molecular formula is C18H18N2O. The first-order valence-corrected chi connectivity index (χ1v) is 6.78. The molecule has 0 heterocycles. The Morgan fingerprint density at radius 2 is 1.95 bits per heavy atom. The molecule has 3 N–H and O–H groups in total. The molecule has 0 bridgehead atoms. The molecule has 106 valence electrons. The molecule has 3 heteroatoms. The van der Waals surface area contributed by atoms with E-state index in [4.69, 9.17) is 5.73 Å². The third-order valence-electron chi connectivity index (χ3n) is 3.14. The van der Waals surface area contributed by atoms with E-state index in [9.17, 15) is 4.79 Å². The van der Waals surface area contributed by atoms with Gasteiger partial charge in [-0.05, 0) is 37.6 Å². The summed E-state index contributed by atoms with van der Waals surface area (Å²) in [5, 5.41) is 2.92. The van der Waals surface area contributed by atoms with Crippen LogP contribution in [0.4, 0.5) is 5.69 Å². The molecule has 0 saturated carbocycles. The van der Waals surface area contributed by atoms with E-state index in [2.05, 4.69) is 17.2 Å². The number of rotatable bonds is 2. The molecule has 2 aromatic rings. The van der Waals surface area contributed by atoms with Crippen molar-refractivity contribution in [3.8, 4) is 11.8 Å². The summed E-state index contributed by atoms with van der Waals surface area (Å²) in [5.41, 5.74) is 9.54. The highest BCUT2D eigenvalue weighted by molar-refractivity contribution is 6.06. The average molecular weight is 278 g/mol. The maximum absolute atomic E-state index is 12.4. The Morgan fingerprint density at radius 1 is 1.19 bits per heavy atom. The largest absolute Gasteiger partial charge is 0.321 e. The van der Waals surface area contributed by atoms with Crippen LogP contribution in [-0.2, 0) is 0 Å². The van der Waals surface area contributed by atoms with Crippen LogP contribution in [0.1, 0.15) is 27.0 Å². The molecule has 0 aromatic heterocycles. The van der Waals surface area contributed by atoms with Gasteiger partial charge >= 0.3 is 0 Å². The highest BCUT2D eigenvalue weighted by Crippen LogP contribution is 2.17.